The second-order valence-corrected chi connectivity index (χ2v) is 8.86. The van der Waals surface area contributed by atoms with E-state index >= 15 is 0 Å². The molecule has 0 bridgehead atoms. The summed E-state index contributed by atoms with van der Waals surface area (Å²) in [6.07, 6.45) is 0. The van der Waals surface area contributed by atoms with Crippen LogP contribution >= 0.6 is 0 Å². The molecule has 1 N–H and O–H groups in total. The van der Waals surface area contributed by atoms with Crippen molar-refractivity contribution in [3.05, 3.63) is 65.7 Å². The largest absolute Gasteiger partial charge is 0.480 e. The molecular weight excluding hydrogens is 338 g/mol. The maximum Gasteiger partial charge on any atom is 0.318 e. The smallest absolute Gasteiger partial charge is 0.318 e. The van der Waals surface area contributed by atoms with Gasteiger partial charge in [0.05, 0.1) is 4.90 Å². The first kappa shape index (κ1) is 19.1. The fourth-order valence-electron chi connectivity index (χ4n) is 2.44. The molecule has 0 saturated carbocycles. The van der Waals surface area contributed by atoms with E-state index in [1.54, 1.807) is 36.4 Å². The Balaban J connectivity index is 2.35. The summed E-state index contributed by atoms with van der Waals surface area (Å²) in [4.78, 5) is 11.3. The fourth-order valence-corrected chi connectivity index (χ4v) is 3.82. The first-order valence-corrected chi connectivity index (χ1v) is 9.41. The van der Waals surface area contributed by atoms with Crippen LogP contribution in [0.3, 0.4) is 0 Å². The molecule has 0 aromatic heterocycles. The number of aliphatic carboxylic acids is 1. The Labute approximate surface area is 149 Å². The van der Waals surface area contributed by atoms with Gasteiger partial charge in [0, 0.05) is 6.54 Å². The van der Waals surface area contributed by atoms with Gasteiger partial charge in [-0.15, -0.1) is 0 Å². The molecule has 5 nitrogen and oxygen atoms in total. The maximum absolute atomic E-state index is 12.9. The highest BCUT2D eigenvalue weighted by Crippen LogP contribution is 2.25. The quantitative estimate of drug-likeness (QED) is 0.857. The third-order valence-electron chi connectivity index (χ3n) is 3.87. The zero-order chi connectivity index (χ0) is 18.7. The normalized spacial score (nSPS) is 12.3. The number of sulfonamides is 1. The molecule has 0 spiro atoms. The summed E-state index contributed by atoms with van der Waals surface area (Å²) in [5.74, 6) is -1.19. The third-order valence-corrected chi connectivity index (χ3v) is 5.68. The van der Waals surface area contributed by atoms with E-state index in [1.165, 1.54) is 12.1 Å². The molecule has 0 heterocycles. The van der Waals surface area contributed by atoms with E-state index in [0.29, 0.717) is 0 Å². The van der Waals surface area contributed by atoms with Crippen molar-refractivity contribution in [2.75, 3.05) is 6.54 Å². The summed E-state index contributed by atoms with van der Waals surface area (Å²) < 4.78 is 26.8. The molecule has 134 valence electrons. The Morgan fingerprint density at radius 2 is 1.56 bits per heavy atom. The minimum Gasteiger partial charge on any atom is -0.480 e. The standard InChI is InChI=1S/C19H23NO4S/c1-19(2,3)16-9-11-17(12-10-16)25(23,24)20(14-18(21)22)13-15-7-5-4-6-8-15/h4-12H,13-14H2,1-3H3,(H,21,22). The van der Waals surface area contributed by atoms with Crippen LogP contribution < -0.4 is 0 Å². The number of nitrogens with zero attached hydrogens (tertiary/aromatic N) is 1. The van der Waals surface area contributed by atoms with Gasteiger partial charge in [0.1, 0.15) is 6.54 Å². The van der Waals surface area contributed by atoms with Gasteiger partial charge in [0.15, 0.2) is 0 Å². The van der Waals surface area contributed by atoms with Crippen molar-refractivity contribution in [2.45, 2.75) is 37.6 Å². The monoisotopic (exact) mass is 361 g/mol. The van der Waals surface area contributed by atoms with Gasteiger partial charge >= 0.3 is 5.97 Å². The average molecular weight is 361 g/mol. The summed E-state index contributed by atoms with van der Waals surface area (Å²) in [7, 11) is -3.90. The van der Waals surface area contributed by atoms with Crippen molar-refractivity contribution in [3.8, 4) is 0 Å². The van der Waals surface area contributed by atoms with Crippen LogP contribution in [0.4, 0.5) is 0 Å². The highest BCUT2D eigenvalue weighted by molar-refractivity contribution is 7.89. The van der Waals surface area contributed by atoms with Crippen LogP contribution in [0.5, 0.6) is 0 Å². The van der Waals surface area contributed by atoms with Gasteiger partial charge < -0.3 is 5.11 Å². The Bertz CT molecular complexity index is 822. The van der Waals surface area contributed by atoms with E-state index in [4.69, 9.17) is 5.11 Å². The van der Waals surface area contributed by atoms with Gasteiger partial charge in [-0.3, -0.25) is 4.79 Å². The van der Waals surface area contributed by atoms with E-state index in [9.17, 15) is 13.2 Å². The number of hydrogen-bond donors (Lipinski definition) is 1. The lowest BCUT2D eigenvalue weighted by molar-refractivity contribution is -0.137. The Kier molecular flexibility index (Phi) is 5.65. The van der Waals surface area contributed by atoms with Crippen LogP contribution in [0.1, 0.15) is 31.9 Å². The highest BCUT2D eigenvalue weighted by Gasteiger charge is 2.27. The van der Waals surface area contributed by atoms with Crippen molar-refractivity contribution in [2.24, 2.45) is 0 Å². The summed E-state index contributed by atoms with van der Waals surface area (Å²) in [5, 5.41) is 9.12. The van der Waals surface area contributed by atoms with Crippen molar-refractivity contribution in [1.29, 1.82) is 0 Å². The van der Waals surface area contributed by atoms with Crippen LogP contribution in [0, 0.1) is 0 Å². The lowest BCUT2D eigenvalue weighted by Crippen LogP contribution is -2.35. The average Bonchev–Trinajstić information content (AvgIpc) is 2.54. The fraction of sp³-hybridized carbons (Fsp3) is 0.316. The Morgan fingerprint density at radius 3 is 2.04 bits per heavy atom. The highest BCUT2D eigenvalue weighted by atomic mass is 32.2. The lowest BCUT2D eigenvalue weighted by Gasteiger charge is -2.22. The molecule has 0 aliphatic rings. The minimum absolute atomic E-state index is 0.0104. The first-order valence-electron chi connectivity index (χ1n) is 7.97. The zero-order valence-corrected chi connectivity index (χ0v) is 15.5. The van der Waals surface area contributed by atoms with Crippen molar-refractivity contribution in [3.63, 3.8) is 0 Å². The molecule has 0 fully saturated rings. The number of rotatable bonds is 6. The second-order valence-electron chi connectivity index (χ2n) is 6.93. The lowest BCUT2D eigenvalue weighted by atomic mass is 9.87. The van der Waals surface area contributed by atoms with Gasteiger partial charge in [-0.1, -0.05) is 63.2 Å². The van der Waals surface area contributed by atoms with E-state index < -0.39 is 22.5 Å². The first-order chi connectivity index (χ1) is 11.6. The van der Waals surface area contributed by atoms with Gasteiger partial charge in [-0.05, 0) is 28.7 Å². The maximum atomic E-state index is 12.9. The number of benzene rings is 2. The molecule has 0 aliphatic carbocycles. The molecule has 2 aromatic rings. The Morgan fingerprint density at radius 1 is 1.00 bits per heavy atom. The minimum atomic E-state index is -3.90. The van der Waals surface area contributed by atoms with Gasteiger partial charge in [0.2, 0.25) is 10.0 Å². The van der Waals surface area contributed by atoms with Crippen LogP contribution in [0.15, 0.2) is 59.5 Å². The molecule has 6 heteroatoms. The molecule has 0 unspecified atom stereocenters. The summed E-state index contributed by atoms with van der Waals surface area (Å²) in [6, 6.07) is 15.6. The van der Waals surface area contributed by atoms with E-state index in [-0.39, 0.29) is 16.9 Å². The zero-order valence-electron chi connectivity index (χ0n) is 14.6. The van der Waals surface area contributed by atoms with E-state index in [1.807, 2.05) is 26.8 Å². The number of carbonyl (C=O) groups is 1. The summed E-state index contributed by atoms with van der Waals surface area (Å²) in [6.45, 7) is 5.56. The van der Waals surface area contributed by atoms with Gasteiger partial charge in [-0.2, -0.15) is 4.31 Å². The van der Waals surface area contributed by atoms with E-state index in [2.05, 4.69) is 0 Å². The number of carboxylic acid groups (broad SMARTS) is 1. The molecule has 0 atom stereocenters. The SMILES string of the molecule is CC(C)(C)c1ccc(S(=O)(=O)N(CC(=O)O)Cc2ccccc2)cc1. The predicted octanol–water partition coefficient (Wildman–Crippen LogP) is 3.26. The Hall–Kier alpha value is -2.18. The predicted molar refractivity (Wildman–Crippen MR) is 96.8 cm³/mol. The second kappa shape index (κ2) is 7.37. The molecule has 0 radical (unpaired) electrons. The summed E-state index contributed by atoms with van der Waals surface area (Å²) >= 11 is 0. The van der Waals surface area contributed by atoms with Crippen molar-refractivity contribution >= 4 is 16.0 Å². The van der Waals surface area contributed by atoms with Gasteiger partial charge in [-0.25, -0.2) is 8.42 Å². The molecule has 0 aliphatic heterocycles. The molecule has 2 rings (SSSR count). The molecule has 25 heavy (non-hydrogen) atoms. The van der Waals surface area contributed by atoms with Crippen molar-refractivity contribution < 1.29 is 18.3 Å². The summed E-state index contributed by atoms with van der Waals surface area (Å²) in [5.41, 5.74) is 1.66. The number of carboxylic acids is 1. The number of hydrogen-bond acceptors (Lipinski definition) is 3. The molecule has 2 aromatic carbocycles. The van der Waals surface area contributed by atoms with Crippen molar-refractivity contribution in [1.82, 2.24) is 4.31 Å². The van der Waals surface area contributed by atoms with Crippen LogP contribution in [-0.2, 0) is 26.8 Å². The van der Waals surface area contributed by atoms with Crippen LogP contribution in [0.2, 0.25) is 0 Å². The van der Waals surface area contributed by atoms with Crippen LogP contribution in [0.25, 0.3) is 0 Å². The third kappa shape index (κ3) is 4.90. The topological polar surface area (TPSA) is 74.7 Å². The van der Waals surface area contributed by atoms with Gasteiger partial charge in [0.25, 0.3) is 0 Å². The van der Waals surface area contributed by atoms with Crippen LogP contribution in [-0.4, -0.2) is 30.3 Å². The molecular formula is C19H23NO4S. The van der Waals surface area contributed by atoms with E-state index in [0.717, 1.165) is 15.4 Å². The molecule has 0 saturated heterocycles. The molecule has 0 amide bonds.